The van der Waals surface area contributed by atoms with E-state index >= 15 is 0 Å². The van der Waals surface area contributed by atoms with E-state index in [1.54, 1.807) is 30.3 Å². The van der Waals surface area contributed by atoms with E-state index in [1.807, 2.05) is 30.3 Å². The summed E-state index contributed by atoms with van der Waals surface area (Å²) >= 11 is 0. The molecule has 3 aromatic rings. The average molecular weight is 325 g/mol. The van der Waals surface area contributed by atoms with Crippen LogP contribution in [-0.2, 0) is 10.3 Å². The van der Waals surface area contributed by atoms with Crippen molar-refractivity contribution in [3.05, 3.63) is 82.9 Å². The zero-order valence-electron chi connectivity index (χ0n) is 13.2. The Morgan fingerprint density at radius 3 is 2.44 bits per heavy atom. The molecule has 0 aliphatic carbocycles. The van der Waals surface area contributed by atoms with E-state index in [-0.39, 0.29) is 5.97 Å². The molecule has 3 aromatic carbocycles. The molecule has 0 saturated carbocycles. The number of esters is 1. The van der Waals surface area contributed by atoms with Crippen molar-refractivity contribution >= 4 is 25.0 Å². The number of hydrogen-bond donors (Lipinski definition) is 1. The fourth-order valence-corrected chi connectivity index (χ4v) is 3.71. The van der Waals surface area contributed by atoms with E-state index in [1.165, 1.54) is 0 Å². The fraction of sp³-hybridized carbons (Fsp3) is 0.0500. The van der Waals surface area contributed by atoms with E-state index in [0.717, 1.165) is 16.7 Å². The number of nitrogens with two attached hydrogens (primary N) is 1. The van der Waals surface area contributed by atoms with Gasteiger partial charge in [0.1, 0.15) is 19.3 Å². The number of fused-ring (bicyclic) bond motifs is 6. The van der Waals surface area contributed by atoms with Crippen LogP contribution in [0.1, 0.15) is 27.0 Å². The minimum Gasteiger partial charge on any atom is -0.456 e. The van der Waals surface area contributed by atoms with Crippen molar-refractivity contribution in [2.24, 2.45) is 0 Å². The molecule has 5 rings (SSSR count). The lowest BCUT2D eigenvalue weighted by molar-refractivity contribution is 0.0224. The van der Waals surface area contributed by atoms with E-state index in [0.29, 0.717) is 28.2 Å². The van der Waals surface area contributed by atoms with Gasteiger partial charge in [-0.3, -0.25) is 0 Å². The van der Waals surface area contributed by atoms with Gasteiger partial charge in [0.05, 0.1) is 5.56 Å². The third-order valence-electron chi connectivity index (χ3n) is 4.76. The summed E-state index contributed by atoms with van der Waals surface area (Å²) < 4.78 is 12.0. The Bertz CT molecular complexity index is 1010. The molecule has 0 amide bonds. The Labute approximate surface area is 145 Å². The molecule has 0 bridgehead atoms. The van der Waals surface area contributed by atoms with Gasteiger partial charge in [-0.15, -0.1) is 0 Å². The zero-order valence-corrected chi connectivity index (χ0v) is 13.2. The molecule has 5 heteroatoms. The zero-order chi connectivity index (χ0) is 17.2. The number of hydrogen-bond acceptors (Lipinski definition) is 4. The van der Waals surface area contributed by atoms with Gasteiger partial charge in [-0.1, -0.05) is 35.8 Å². The molecule has 1 atom stereocenters. The summed E-state index contributed by atoms with van der Waals surface area (Å²) in [4.78, 5) is 12.6. The van der Waals surface area contributed by atoms with Crippen molar-refractivity contribution in [3.63, 3.8) is 0 Å². The second-order valence-electron chi connectivity index (χ2n) is 6.23. The topological polar surface area (TPSA) is 61.6 Å². The lowest BCUT2D eigenvalue weighted by atomic mass is 9.76. The van der Waals surface area contributed by atoms with Crippen LogP contribution in [-0.4, -0.2) is 13.8 Å². The van der Waals surface area contributed by atoms with Crippen molar-refractivity contribution in [3.8, 4) is 11.5 Å². The first-order valence-corrected chi connectivity index (χ1v) is 7.90. The molecule has 2 aliphatic rings. The average Bonchev–Trinajstić information content (AvgIpc) is 2.88. The number of carbonyl (C=O) groups is 1. The normalized spacial score (nSPS) is 19.6. The Morgan fingerprint density at radius 1 is 0.880 bits per heavy atom. The highest BCUT2D eigenvalue weighted by Crippen LogP contribution is 2.55. The van der Waals surface area contributed by atoms with Crippen LogP contribution >= 0.6 is 0 Å². The highest BCUT2D eigenvalue weighted by Gasteiger charge is 2.53. The predicted molar refractivity (Wildman–Crippen MR) is 94.5 cm³/mol. The van der Waals surface area contributed by atoms with Crippen LogP contribution in [0.2, 0.25) is 0 Å². The van der Waals surface area contributed by atoms with Crippen LogP contribution in [0.3, 0.4) is 0 Å². The molecule has 1 spiro atoms. The van der Waals surface area contributed by atoms with Crippen molar-refractivity contribution in [2.45, 2.75) is 5.60 Å². The molecule has 0 saturated heterocycles. The smallest absolute Gasteiger partial charge is 0.340 e. The Hall–Kier alpha value is -3.21. The summed E-state index contributed by atoms with van der Waals surface area (Å²) in [7, 11) is 5.93. The summed E-state index contributed by atoms with van der Waals surface area (Å²) in [6.07, 6.45) is 0. The van der Waals surface area contributed by atoms with Crippen molar-refractivity contribution in [1.29, 1.82) is 0 Å². The quantitative estimate of drug-likeness (QED) is 0.392. The minimum atomic E-state index is -1.06. The molecule has 1 unspecified atom stereocenters. The molecule has 2 heterocycles. The Kier molecular flexibility index (Phi) is 2.64. The summed E-state index contributed by atoms with van der Waals surface area (Å²) in [5.41, 5.74) is 8.85. The highest BCUT2D eigenvalue weighted by molar-refractivity contribution is 6.32. The van der Waals surface area contributed by atoms with Crippen molar-refractivity contribution in [1.82, 2.24) is 0 Å². The van der Waals surface area contributed by atoms with E-state index in [2.05, 4.69) is 0 Å². The monoisotopic (exact) mass is 325 g/mol. The standard InChI is InChI=1S/C20H12BNO3/c21-11-5-7-15-17(9-11)24-18-10-12(22)6-8-16(18)20(15)14-4-2-1-3-13(14)19(23)25-20/h1-10H,22H2. The van der Waals surface area contributed by atoms with Gasteiger partial charge in [0.15, 0.2) is 5.60 Å². The van der Waals surface area contributed by atoms with Crippen molar-refractivity contribution in [2.75, 3.05) is 5.73 Å². The molecule has 118 valence electrons. The molecular formula is C20H12BNO3. The number of anilines is 1. The number of rotatable bonds is 0. The second-order valence-corrected chi connectivity index (χ2v) is 6.23. The maximum Gasteiger partial charge on any atom is 0.340 e. The van der Waals surface area contributed by atoms with Crippen LogP contribution in [0.4, 0.5) is 5.69 Å². The number of carbonyl (C=O) groups excluding carboxylic acids is 1. The lowest BCUT2D eigenvalue weighted by Gasteiger charge is -2.36. The molecule has 4 nitrogen and oxygen atoms in total. The second kappa shape index (κ2) is 4.66. The van der Waals surface area contributed by atoms with Gasteiger partial charge in [-0.05, 0) is 24.3 Å². The van der Waals surface area contributed by atoms with E-state index < -0.39 is 5.60 Å². The largest absolute Gasteiger partial charge is 0.456 e. The predicted octanol–water partition coefficient (Wildman–Crippen LogP) is 2.63. The van der Waals surface area contributed by atoms with Crippen LogP contribution < -0.4 is 15.9 Å². The number of ether oxygens (including phenoxy) is 2. The molecule has 0 aromatic heterocycles. The van der Waals surface area contributed by atoms with Gasteiger partial charge in [0, 0.05) is 28.4 Å². The molecular weight excluding hydrogens is 313 g/mol. The van der Waals surface area contributed by atoms with Gasteiger partial charge >= 0.3 is 5.97 Å². The first kappa shape index (κ1) is 14.2. The number of benzene rings is 3. The summed E-state index contributed by atoms with van der Waals surface area (Å²) in [6, 6.07) is 18.1. The van der Waals surface area contributed by atoms with Crippen LogP contribution in [0.15, 0.2) is 60.7 Å². The van der Waals surface area contributed by atoms with Gasteiger partial charge in [0.25, 0.3) is 0 Å². The minimum absolute atomic E-state index is 0.358. The lowest BCUT2D eigenvalue weighted by Crippen LogP contribution is -2.33. The molecule has 25 heavy (non-hydrogen) atoms. The maximum atomic E-state index is 12.6. The summed E-state index contributed by atoms with van der Waals surface area (Å²) in [5, 5.41) is 0. The molecule has 2 radical (unpaired) electrons. The van der Waals surface area contributed by atoms with Crippen LogP contribution in [0.5, 0.6) is 11.5 Å². The van der Waals surface area contributed by atoms with Gasteiger partial charge in [0.2, 0.25) is 0 Å². The summed E-state index contributed by atoms with van der Waals surface area (Å²) in [5.74, 6) is 0.758. The molecule has 2 N–H and O–H groups in total. The first-order chi connectivity index (χ1) is 12.1. The number of nitrogen functional groups attached to an aromatic ring is 1. The highest BCUT2D eigenvalue weighted by atomic mass is 16.6. The van der Waals surface area contributed by atoms with E-state index in [9.17, 15) is 4.79 Å². The third kappa shape index (κ3) is 1.75. The van der Waals surface area contributed by atoms with Gasteiger partial charge in [-0.25, -0.2) is 4.79 Å². The fourth-order valence-electron chi connectivity index (χ4n) is 3.71. The first-order valence-electron chi connectivity index (χ1n) is 7.90. The van der Waals surface area contributed by atoms with E-state index in [4.69, 9.17) is 23.1 Å². The van der Waals surface area contributed by atoms with Crippen LogP contribution in [0.25, 0.3) is 0 Å². The Balaban J connectivity index is 1.91. The Morgan fingerprint density at radius 2 is 1.60 bits per heavy atom. The maximum absolute atomic E-state index is 12.6. The molecule has 2 aliphatic heterocycles. The molecule has 0 fully saturated rings. The van der Waals surface area contributed by atoms with Crippen LogP contribution in [0, 0.1) is 0 Å². The summed E-state index contributed by atoms with van der Waals surface area (Å²) in [6.45, 7) is 0. The van der Waals surface area contributed by atoms with Gasteiger partial charge < -0.3 is 15.2 Å². The SMILES string of the molecule is [B]c1ccc2c(c1)Oc1cc(N)ccc1C21OC(=O)c2ccccc21. The third-order valence-corrected chi connectivity index (χ3v) is 4.76. The van der Waals surface area contributed by atoms with Crippen molar-refractivity contribution < 1.29 is 14.3 Å². The van der Waals surface area contributed by atoms with Gasteiger partial charge in [-0.2, -0.15) is 0 Å².